The number of benzene rings is 2. The number of likely N-dealkylation sites (tertiary alicyclic amines) is 1. The first kappa shape index (κ1) is 22.3. The van der Waals surface area contributed by atoms with Crippen LogP contribution in [0.5, 0.6) is 0 Å². The van der Waals surface area contributed by atoms with Gasteiger partial charge in [-0.15, -0.1) is 0 Å². The molecule has 2 N–H and O–H groups in total. The molecule has 2 aromatic carbocycles. The second-order valence-electron chi connectivity index (χ2n) is 8.10. The van der Waals surface area contributed by atoms with E-state index in [4.69, 9.17) is 0 Å². The first-order valence-corrected chi connectivity index (χ1v) is 12.1. The van der Waals surface area contributed by atoms with Crippen LogP contribution in [0.4, 0.5) is 0 Å². The zero-order valence-electron chi connectivity index (χ0n) is 17.8. The molecule has 166 valence electrons. The fourth-order valence-electron chi connectivity index (χ4n) is 4.56. The average Bonchev–Trinajstić information content (AvgIpc) is 3.31. The molecule has 4 atom stereocenters. The van der Waals surface area contributed by atoms with Crippen molar-refractivity contribution >= 4 is 41.7 Å². The highest BCUT2D eigenvalue weighted by Gasteiger charge is 2.60. The lowest BCUT2D eigenvalue weighted by molar-refractivity contribution is -0.146. The van der Waals surface area contributed by atoms with Gasteiger partial charge in [-0.3, -0.25) is 24.6 Å². The van der Waals surface area contributed by atoms with Gasteiger partial charge in [-0.25, -0.2) is 0 Å². The third-order valence-corrected chi connectivity index (χ3v) is 6.82. The maximum absolute atomic E-state index is 13.1. The van der Waals surface area contributed by atoms with Crippen LogP contribution >= 0.6 is 11.8 Å². The van der Waals surface area contributed by atoms with Crippen molar-refractivity contribution in [3.05, 3.63) is 71.3 Å². The van der Waals surface area contributed by atoms with Crippen molar-refractivity contribution in [2.24, 2.45) is 11.8 Å². The van der Waals surface area contributed by atoms with Crippen molar-refractivity contribution in [2.45, 2.75) is 18.5 Å². The molecule has 0 radical (unpaired) electrons. The molecule has 2 amide bonds. The first-order valence-electron chi connectivity index (χ1n) is 10.7. The van der Waals surface area contributed by atoms with Crippen LogP contribution in [-0.4, -0.2) is 52.4 Å². The molecule has 0 bridgehead atoms. The van der Waals surface area contributed by atoms with Crippen LogP contribution in [0, 0.1) is 11.8 Å². The fraction of sp³-hybridized carbons (Fsp3) is 0.320. The Hall–Kier alpha value is -2.90. The molecule has 0 saturated carbocycles. The van der Waals surface area contributed by atoms with Crippen LogP contribution in [0.15, 0.2) is 54.6 Å². The lowest BCUT2D eigenvalue weighted by atomic mass is 9.86. The van der Waals surface area contributed by atoms with Crippen LogP contribution in [0.3, 0.4) is 0 Å². The molecule has 4 rings (SSSR count). The molecular weight excluding hydrogens is 424 g/mol. The number of hydrogen-bond donors (Lipinski definition) is 2. The van der Waals surface area contributed by atoms with Crippen LogP contribution < -0.4 is 5.32 Å². The van der Waals surface area contributed by atoms with Gasteiger partial charge in [0.2, 0.25) is 11.8 Å². The number of carboxylic acids is 1. The molecule has 4 unspecified atom stereocenters. The van der Waals surface area contributed by atoms with Crippen molar-refractivity contribution in [3.63, 3.8) is 0 Å². The molecule has 2 aliphatic rings. The summed E-state index contributed by atoms with van der Waals surface area (Å²) in [6.45, 7) is 0.341. The third-order valence-electron chi connectivity index (χ3n) is 6.13. The summed E-state index contributed by atoms with van der Waals surface area (Å²) < 4.78 is 0. The Labute approximate surface area is 191 Å². The molecule has 0 spiro atoms. The third kappa shape index (κ3) is 4.36. The van der Waals surface area contributed by atoms with Crippen LogP contribution in [0.1, 0.15) is 29.2 Å². The Morgan fingerprint density at radius 1 is 1.00 bits per heavy atom. The van der Waals surface area contributed by atoms with E-state index in [1.807, 2.05) is 73.0 Å². The quantitative estimate of drug-likeness (QED) is 0.365. The SMILES string of the molecule is CSCCCN1C(=O)C2C(C(=O)O)NC(c3ccc(/C=C/c4ccccc4)cc3)C2C1=O. The van der Waals surface area contributed by atoms with Crippen molar-refractivity contribution in [1.29, 1.82) is 0 Å². The van der Waals surface area contributed by atoms with E-state index in [1.165, 1.54) is 4.90 Å². The largest absolute Gasteiger partial charge is 0.480 e. The molecule has 6 nitrogen and oxygen atoms in total. The Morgan fingerprint density at radius 2 is 1.62 bits per heavy atom. The van der Waals surface area contributed by atoms with Crippen molar-refractivity contribution in [1.82, 2.24) is 10.2 Å². The zero-order chi connectivity index (χ0) is 22.7. The van der Waals surface area contributed by atoms with Crippen LogP contribution in [-0.2, 0) is 14.4 Å². The summed E-state index contributed by atoms with van der Waals surface area (Å²) in [4.78, 5) is 39.2. The first-order chi connectivity index (χ1) is 15.5. The topological polar surface area (TPSA) is 86.7 Å². The number of aliphatic carboxylic acids is 1. The number of fused-ring (bicyclic) bond motifs is 1. The number of thioether (sulfide) groups is 1. The number of nitrogens with one attached hydrogen (secondary N) is 1. The van der Waals surface area contributed by atoms with Crippen molar-refractivity contribution < 1.29 is 19.5 Å². The molecule has 2 heterocycles. The summed E-state index contributed by atoms with van der Waals surface area (Å²) in [6, 6.07) is 16.1. The number of rotatable bonds is 8. The molecule has 0 aliphatic carbocycles. The summed E-state index contributed by atoms with van der Waals surface area (Å²) in [5, 5.41) is 12.7. The van der Waals surface area contributed by atoms with E-state index in [0.29, 0.717) is 13.0 Å². The van der Waals surface area contributed by atoms with E-state index < -0.39 is 29.9 Å². The molecular formula is C25H26N2O4S. The predicted octanol–water partition coefficient (Wildman–Crippen LogP) is 3.31. The lowest BCUT2D eigenvalue weighted by Gasteiger charge is -2.21. The molecule has 2 saturated heterocycles. The highest BCUT2D eigenvalue weighted by molar-refractivity contribution is 7.98. The summed E-state index contributed by atoms with van der Waals surface area (Å²) in [7, 11) is 0. The molecule has 7 heteroatoms. The minimum Gasteiger partial charge on any atom is -0.480 e. The highest BCUT2D eigenvalue weighted by Crippen LogP contribution is 2.44. The molecule has 2 fully saturated rings. The molecule has 32 heavy (non-hydrogen) atoms. The smallest absolute Gasteiger partial charge is 0.321 e. The van der Waals surface area contributed by atoms with E-state index in [-0.39, 0.29) is 11.8 Å². The van der Waals surface area contributed by atoms with Gasteiger partial charge in [0.05, 0.1) is 11.8 Å². The Balaban J connectivity index is 1.55. The van der Waals surface area contributed by atoms with Gasteiger partial charge in [-0.1, -0.05) is 66.7 Å². The summed E-state index contributed by atoms with van der Waals surface area (Å²) in [6.07, 6.45) is 6.70. The number of carbonyl (C=O) groups is 3. The monoisotopic (exact) mass is 450 g/mol. The molecule has 0 aromatic heterocycles. The lowest BCUT2D eigenvalue weighted by Crippen LogP contribution is -2.43. The van der Waals surface area contributed by atoms with Gasteiger partial charge in [0.1, 0.15) is 6.04 Å². The van der Waals surface area contributed by atoms with Gasteiger partial charge in [0.25, 0.3) is 0 Å². The van der Waals surface area contributed by atoms with Crippen LogP contribution in [0.25, 0.3) is 12.2 Å². The number of hydrogen-bond acceptors (Lipinski definition) is 5. The van der Waals surface area contributed by atoms with E-state index in [9.17, 15) is 19.5 Å². The van der Waals surface area contributed by atoms with Gasteiger partial charge in [-0.05, 0) is 35.1 Å². The van der Waals surface area contributed by atoms with Crippen molar-refractivity contribution in [3.8, 4) is 0 Å². The minimum absolute atomic E-state index is 0.268. The molecule has 2 aliphatic heterocycles. The number of carboxylic acid groups (broad SMARTS) is 1. The van der Waals surface area contributed by atoms with Gasteiger partial charge in [0, 0.05) is 12.6 Å². The number of nitrogens with zero attached hydrogens (tertiary/aromatic N) is 1. The summed E-state index contributed by atoms with van der Waals surface area (Å²) in [5.41, 5.74) is 2.90. The normalized spacial score (nSPS) is 25.0. The second kappa shape index (κ2) is 9.71. The highest BCUT2D eigenvalue weighted by atomic mass is 32.2. The van der Waals surface area contributed by atoms with E-state index in [1.54, 1.807) is 11.8 Å². The number of amides is 2. The van der Waals surface area contributed by atoms with E-state index in [0.717, 1.165) is 22.4 Å². The zero-order valence-corrected chi connectivity index (χ0v) is 18.6. The van der Waals surface area contributed by atoms with Gasteiger partial charge in [0.15, 0.2) is 0 Å². The predicted molar refractivity (Wildman–Crippen MR) is 126 cm³/mol. The van der Waals surface area contributed by atoms with Crippen LogP contribution in [0.2, 0.25) is 0 Å². The number of carbonyl (C=O) groups excluding carboxylic acids is 2. The Morgan fingerprint density at radius 3 is 2.25 bits per heavy atom. The number of imide groups is 1. The average molecular weight is 451 g/mol. The fourth-order valence-corrected chi connectivity index (χ4v) is 4.98. The second-order valence-corrected chi connectivity index (χ2v) is 9.08. The Kier molecular flexibility index (Phi) is 6.77. The maximum atomic E-state index is 13.1. The maximum Gasteiger partial charge on any atom is 0.321 e. The Bertz CT molecular complexity index is 1020. The summed E-state index contributed by atoms with van der Waals surface area (Å²) in [5.74, 6) is -2.45. The van der Waals surface area contributed by atoms with Gasteiger partial charge in [-0.2, -0.15) is 11.8 Å². The van der Waals surface area contributed by atoms with E-state index in [2.05, 4.69) is 5.32 Å². The minimum atomic E-state index is -1.10. The standard InChI is InChI=1S/C25H26N2O4S/c1-32-15-5-14-27-23(28)19-20(24(27)29)22(25(30)31)26-21(19)18-12-10-17(11-13-18)9-8-16-6-3-2-4-7-16/h2-4,6-13,19-22,26H,5,14-15H2,1H3,(H,30,31)/b9-8+. The van der Waals surface area contributed by atoms with E-state index >= 15 is 0 Å². The summed E-state index contributed by atoms with van der Waals surface area (Å²) >= 11 is 1.65. The van der Waals surface area contributed by atoms with Gasteiger partial charge < -0.3 is 5.11 Å². The van der Waals surface area contributed by atoms with Crippen molar-refractivity contribution in [2.75, 3.05) is 18.6 Å². The molecule has 2 aromatic rings. The van der Waals surface area contributed by atoms with Gasteiger partial charge >= 0.3 is 5.97 Å².